The third-order valence-corrected chi connectivity index (χ3v) is 3.01. The van der Waals surface area contributed by atoms with E-state index >= 15 is 0 Å². The summed E-state index contributed by atoms with van der Waals surface area (Å²) in [4.78, 5) is 10.9. The van der Waals surface area contributed by atoms with Crippen LogP contribution in [0.4, 0.5) is 0 Å². The normalized spacial score (nSPS) is 15.5. The summed E-state index contributed by atoms with van der Waals surface area (Å²) in [7, 11) is 0. The van der Waals surface area contributed by atoms with E-state index in [0.717, 1.165) is 19.1 Å². The molecule has 0 bridgehead atoms. The summed E-state index contributed by atoms with van der Waals surface area (Å²) < 4.78 is 0. The van der Waals surface area contributed by atoms with Crippen LogP contribution in [-0.2, 0) is 4.79 Å². The summed E-state index contributed by atoms with van der Waals surface area (Å²) in [6.45, 7) is 13.1. The first-order valence-electron chi connectivity index (χ1n) is 5.18. The summed E-state index contributed by atoms with van der Waals surface area (Å²) in [6, 6.07) is 0. The monoisotopic (exact) mass is 184 g/mol. The topological polar surface area (TPSA) is 17.1 Å². The van der Waals surface area contributed by atoms with E-state index in [-0.39, 0.29) is 11.3 Å². The third-order valence-electron chi connectivity index (χ3n) is 3.01. The Bertz CT molecular complexity index is 162. The predicted molar refractivity (Wildman–Crippen MR) is 57.7 cm³/mol. The third kappa shape index (κ3) is 4.44. The molecule has 0 rings (SSSR count). The average molecular weight is 184 g/mol. The molecule has 0 aromatic carbocycles. The van der Waals surface area contributed by atoms with Crippen LogP contribution < -0.4 is 0 Å². The second-order valence-corrected chi connectivity index (χ2v) is 5.83. The Kier molecular flexibility index (Phi) is 4.15. The quantitative estimate of drug-likeness (QED) is 0.609. The lowest BCUT2D eigenvalue weighted by Crippen LogP contribution is -2.27. The minimum absolute atomic E-state index is 0.105. The van der Waals surface area contributed by atoms with Crippen LogP contribution in [0.2, 0.25) is 0 Å². The van der Waals surface area contributed by atoms with Crippen LogP contribution in [-0.4, -0.2) is 6.29 Å². The van der Waals surface area contributed by atoms with Gasteiger partial charge in [0.1, 0.15) is 6.29 Å². The molecular formula is C12H24O. The highest BCUT2D eigenvalue weighted by Crippen LogP contribution is 2.36. The minimum atomic E-state index is 0.105. The summed E-state index contributed by atoms with van der Waals surface area (Å²) >= 11 is 0. The van der Waals surface area contributed by atoms with Gasteiger partial charge in [0.15, 0.2) is 0 Å². The highest BCUT2D eigenvalue weighted by atomic mass is 16.1. The molecule has 1 heteroatoms. The first kappa shape index (κ1) is 12.7. The lowest BCUT2D eigenvalue weighted by atomic mass is 9.71. The van der Waals surface area contributed by atoms with Crippen molar-refractivity contribution in [1.82, 2.24) is 0 Å². The zero-order chi connectivity index (χ0) is 10.7. The van der Waals surface area contributed by atoms with Crippen molar-refractivity contribution in [1.29, 1.82) is 0 Å². The summed E-state index contributed by atoms with van der Waals surface area (Å²) in [6.07, 6.45) is 3.25. The van der Waals surface area contributed by atoms with Crippen LogP contribution in [0.15, 0.2) is 0 Å². The second kappa shape index (κ2) is 4.26. The Labute approximate surface area is 82.9 Å². The van der Waals surface area contributed by atoms with Crippen molar-refractivity contribution < 1.29 is 4.79 Å². The SMILES string of the molecule is CCC(C)(C)CC(C=O)C(C)(C)C. The van der Waals surface area contributed by atoms with Crippen LogP contribution in [0.5, 0.6) is 0 Å². The van der Waals surface area contributed by atoms with Crippen molar-refractivity contribution in [3.05, 3.63) is 0 Å². The molecule has 0 saturated carbocycles. The molecular weight excluding hydrogens is 160 g/mol. The van der Waals surface area contributed by atoms with Gasteiger partial charge in [-0.2, -0.15) is 0 Å². The Balaban J connectivity index is 4.39. The lowest BCUT2D eigenvalue weighted by Gasteiger charge is -2.33. The van der Waals surface area contributed by atoms with Crippen molar-refractivity contribution in [3.63, 3.8) is 0 Å². The van der Waals surface area contributed by atoms with Gasteiger partial charge in [-0.25, -0.2) is 0 Å². The molecule has 0 aromatic heterocycles. The van der Waals surface area contributed by atoms with Gasteiger partial charge in [0.2, 0.25) is 0 Å². The van der Waals surface area contributed by atoms with Crippen LogP contribution in [0.1, 0.15) is 54.4 Å². The second-order valence-electron chi connectivity index (χ2n) is 5.83. The zero-order valence-corrected chi connectivity index (χ0v) is 9.98. The molecule has 0 aliphatic carbocycles. The predicted octanol–water partition coefficient (Wildman–Crippen LogP) is 3.67. The molecule has 0 N–H and O–H groups in total. The van der Waals surface area contributed by atoms with Crippen LogP contribution in [0, 0.1) is 16.7 Å². The van der Waals surface area contributed by atoms with Gasteiger partial charge in [-0.1, -0.05) is 48.0 Å². The van der Waals surface area contributed by atoms with Gasteiger partial charge in [-0.15, -0.1) is 0 Å². The van der Waals surface area contributed by atoms with Gasteiger partial charge < -0.3 is 4.79 Å². The Morgan fingerprint density at radius 2 is 1.62 bits per heavy atom. The van der Waals surface area contributed by atoms with E-state index < -0.39 is 0 Å². The molecule has 0 radical (unpaired) electrons. The Morgan fingerprint density at radius 3 is 1.85 bits per heavy atom. The van der Waals surface area contributed by atoms with E-state index in [0.29, 0.717) is 5.41 Å². The standard InChI is InChI=1S/C12H24O/c1-7-12(5,6)8-10(9-13)11(2,3)4/h9-10H,7-8H2,1-6H3. The zero-order valence-electron chi connectivity index (χ0n) is 9.98. The first-order chi connectivity index (χ1) is 5.73. The highest BCUT2D eigenvalue weighted by molar-refractivity contribution is 5.54. The number of hydrogen-bond donors (Lipinski definition) is 0. The Morgan fingerprint density at radius 1 is 1.15 bits per heavy atom. The van der Waals surface area contributed by atoms with E-state index in [9.17, 15) is 4.79 Å². The van der Waals surface area contributed by atoms with Crippen molar-refractivity contribution in [3.8, 4) is 0 Å². The molecule has 0 saturated heterocycles. The van der Waals surface area contributed by atoms with Gasteiger partial charge in [0.25, 0.3) is 0 Å². The van der Waals surface area contributed by atoms with Crippen LogP contribution in [0.3, 0.4) is 0 Å². The molecule has 1 atom stereocenters. The van der Waals surface area contributed by atoms with Gasteiger partial charge in [-0.05, 0) is 17.3 Å². The van der Waals surface area contributed by atoms with Crippen LogP contribution >= 0.6 is 0 Å². The number of rotatable bonds is 4. The molecule has 0 heterocycles. The summed E-state index contributed by atoms with van der Waals surface area (Å²) in [5.41, 5.74) is 0.396. The number of carbonyl (C=O) groups is 1. The van der Waals surface area contributed by atoms with E-state index in [1.165, 1.54) is 0 Å². The minimum Gasteiger partial charge on any atom is -0.303 e. The van der Waals surface area contributed by atoms with Gasteiger partial charge in [-0.3, -0.25) is 0 Å². The maximum Gasteiger partial charge on any atom is 0.123 e. The average Bonchev–Trinajstić information content (AvgIpc) is 1.98. The fourth-order valence-electron chi connectivity index (χ4n) is 1.30. The molecule has 0 spiro atoms. The van der Waals surface area contributed by atoms with E-state index in [4.69, 9.17) is 0 Å². The summed E-state index contributed by atoms with van der Waals surface area (Å²) in [5.74, 6) is 0.183. The van der Waals surface area contributed by atoms with Crippen molar-refractivity contribution in [2.24, 2.45) is 16.7 Å². The largest absolute Gasteiger partial charge is 0.303 e. The fourth-order valence-corrected chi connectivity index (χ4v) is 1.30. The Hall–Kier alpha value is -0.330. The highest BCUT2D eigenvalue weighted by Gasteiger charge is 2.29. The van der Waals surface area contributed by atoms with E-state index in [1.54, 1.807) is 0 Å². The maximum absolute atomic E-state index is 10.9. The molecule has 0 aliphatic rings. The van der Waals surface area contributed by atoms with E-state index in [1.807, 2.05) is 0 Å². The molecule has 1 nitrogen and oxygen atoms in total. The summed E-state index contributed by atoms with van der Waals surface area (Å²) in [5, 5.41) is 0. The van der Waals surface area contributed by atoms with Gasteiger partial charge in [0.05, 0.1) is 0 Å². The molecule has 1 unspecified atom stereocenters. The molecule has 0 aromatic rings. The smallest absolute Gasteiger partial charge is 0.123 e. The number of hydrogen-bond acceptors (Lipinski definition) is 1. The van der Waals surface area contributed by atoms with Gasteiger partial charge >= 0.3 is 0 Å². The molecule has 78 valence electrons. The first-order valence-corrected chi connectivity index (χ1v) is 5.18. The van der Waals surface area contributed by atoms with Crippen molar-refractivity contribution in [2.45, 2.75) is 54.4 Å². The van der Waals surface area contributed by atoms with E-state index in [2.05, 4.69) is 41.5 Å². The number of carbonyl (C=O) groups excluding carboxylic acids is 1. The van der Waals surface area contributed by atoms with Crippen LogP contribution in [0.25, 0.3) is 0 Å². The molecule has 0 fully saturated rings. The number of aldehydes is 1. The molecule has 0 aliphatic heterocycles. The fraction of sp³-hybridized carbons (Fsp3) is 0.917. The molecule has 13 heavy (non-hydrogen) atoms. The van der Waals surface area contributed by atoms with Crippen molar-refractivity contribution in [2.75, 3.05) is 0 Å². The lowest BCUT2D eigenvalue weighted by molar-refractivity contribution is -0.115. The van der Waals surface area contributed by atoms with Gasteiger partial charge in [0, 0.05) is 5.92 Å². The maximum atomic E-state index is 10.9. The van der Waals surface area contributed by atoms with Crippen molar-refractivity contribution >= 4 is 6.29 Å². The molecule has 0 amide bonds.